The first kappa shape index (κ1) is 18.5. The summed E-state index contributed by atoms with van der Waals surface area (Å²) in [6.07, 6.45) is 0.980. The minimum atomic E-state index is 0.290. The first-order valence-electron chi connectivity index (χ1n) is 7.51. The maximum atomic E-state index is 5.97. The lowest BCUT2D eigenvalue weighted by molar-refractivity contribution is 0.295. The molecule has 0 bridgehead atoms. The third kappa shape index (κ3) is 4.61. The number of methoxy groups -OCH3 is 2. The summed E-state index contributed by atoms with van der Waals surface area (Å²) in [5, 5.41) is 3.33. The van der Waals surface area contributed by atoms with Crippen LogP contribution >= 0.6 is 28.1 Å². The van der Waals surface area contributed by atoms with Crippen LogP contribution in [0.1, 0.15) is 18.1 Å². The van der Waals surface area contributed by atoms with Gasteiger partial charge >= 0.3 is 0 Å². The summed E-state index contributed by atoms with van der Waals surface area (Å²) in [4.78, 5) is 0. The van der Waals surface area contributed by atoms with Gasteiger partial charge in [-0.1, -0.05) is 19.1 Å². The molecule has 0 aliphatic carbocycles. The van der Waals surface area contributed by atoms with Gasteiger partial charge in [0.1, 0.15) is 18.1 Å². The van der Waals surface area contributed by atoms with Crippen molar-refractivity contribution in [1.82, 2.24) is 0 Å². The van der Waals surface area contributed by atoms with Crippen LogP contribution in [0.2, 0.25) is 0 Å². The highest BCUT2D eigenvalue weighted by atomic mass is 79.9. The van der Waals surface area contributed by atoms with E-state index in [1.165, 1.54) is 12.7 Å². The van der Waals surface area contributed by atoms with Crippen molar-refractivity contribution in [3.8, 4) is 11.5 Å². The lowest BCUT2D eigenvalue weighted by atomic mass is 10.1. The van der Waals surface area contributed by atoms with Crippen molar-refractivity contribution >= 4 is 39.0 Å². The minimum absolute atomic E-state index is 0.290. The van der Waals surface area contributed by atoms with Crippen LogP contribution in [0.15, 0.2) is 40.9 Å². The average molecular weight is 410 g/mol. The Morgan fingerprint density at radius 3 is 2.58 bits per heavy atom. The number of hydrogen-bond donors (Lipinski definition) is 1. The normalized spacial score (nSPS) is 10.2. The molecule has 6 heteroatoms. The molecule has 0 saturated heterocycles. The molecule has 24 heavy (non-hydrogen) atoms. The van der Waals surface area contributed by atoms with Crippen molar-refractivity contribution in [1.29, 1.82) is 0 Å². The number of benzene rings is 2. The van der Waals surface area contributed by atoms with E-state index < -0.39 is 0 Å². The zero-order valence-corrected chi connectivity index (χ0v) is 16.3. The predicted molar refractivity (Wildman–Crippen MR) is 104 cm³/mol. The maximum absolute atomic E-state index is 5.97. The maximum Gasteiger partial charge on any atom is 0.260 e. The molecule has 2 aromatic rings. The van der Waals surface area contributed by atoms with Gasteiger partial charge in [0.2, 0.25) is 0 Å². The summed E-state index contributed by atoms with van der Waals surface area (Å²) in [6.45, 7) is 2.45. The molecule has 0 amide bonds. The fourth-order valence-electron chi connectivity index (χ4n) is 2.22. The van der Waals surface area contributed by atoms with Crippen molar-refractivity contribution in [2.45, 2.75) is 20.0 Å². The molecular weight excluding hydrogens is 390 g/mol. The van der Waals surface area contributed by atoms with Gasteiger partial charge in [0.15, 0.2) is 0 Å². The number of ether oxygens (including phenoxy) is 3. The SMILES string of the molecule is CCc1ccc(OCc2c(NC(=S)OC)cccc2OC)c(Br)c1. The van der Waals surface area contributed by atoms with Crippen LogP contribution < -0.4 is 14.8 Å². The Morgan fingerprint density at radius 1 is 1.17 bits per heavy atom. The predicted octanol–water partition coefficient (Wildman–Crippen LogP) is 4.94. The fraction of sp³-hybridized carbons (Fsp3) is 0.278. The number of rotatable bonds is 6. The Labute approximate surface area is 156 Å². The quantitative estimate of drug-likeness (QED) is 0.683. The van der Waals surface area contributed by atoms with Crippen molar-refractivity contribution in [2.24, 2.45) is 0 Å². The number of thiocarbonyl (C=S) groups is 1. The highest BCUT2D eigenvalue weighted by molar-refractivity contribution is 9.10. The van der Waals surface area contributed by atoms with E-state index in [1.54, 1.807) is 7.11 Å². The summed E-state index contributed by atoms with van der Waals surface area (Å²) < 4.78 is 17.4. The van der Waals surface area contributed by atoms with Gasteiger partial charge in [-0.05, 0) is 64.4 Å². The van der Waals surface area contributed by atoms with Gasteiger partial charge in [-0.15, -0.1) is 0 Å². The highest BCUT2D eigenvalue weighted by Gasteiger charge is 2.12. The topological polar surface area (TPSA) is 39.7 Å². The molecule has 0 aliphatic heterocycles. The standard InChI is InChI=1S/C18H20BrNO3S/c1-4-12-8-9-17(14(19)10-12)23-11-13-15(20-18(24)22-3)6-5-7-16(13)21-2/h5-10H,4,11H2,1-3H3,(H,20,24). The van der Waals surface area contributed by atoms with Gasteiger partial charge in [0.05, 0.1) is 29.9 Å². The summed E-state index contributed by atoms with van der Waals surface area (Å²) >= 11 is 8.63. The first-order valence-corrected chi connectivity index (χ1v) is 8.71. The van der Waals surface area contributed by atoms with Gasteiger partial charge in [0.25, 0.3) is 5.17 Å². The molecule has 0 aromatic heterocycles. The van der Waals surface area contributed by atoms with Crippen LogP contribution in [0.4, 0.5) is 5.69 Å². The molecule has 0 spiro atoms. The lowest BCUT2D eigenvalue weighted by Crippen LogP contribution is -2.13. The number of nitrogens with one attached hydrogen (secondary N) is 1. The third-order valence-electron chi connectivity index (χ3n) is 3.55. The van der Waals surface area contributed by atoms with E-state index in [1.807, 2.05) is 24.3 Å². The Balaban J connectivity index is 2.23. The number of anilines is 1. The Bertz CT molecular complexity index is 721. The third-order valence-corrected chi connectivity index (χ3v) is 4.44. The molecule has 0 aliphatic rings. The van der Waals surface area contributed by atoms with Crippen LogP contribution in [0.3, 0.4) is 0 Å². The fourth-order valence-corrected chi connectivity index (χ4v) is 2.87. The molecule has 2 rings (SSSR count). The molecule has 1 N–H and O–H groups in total. The van der Waals surface area contributed by atoms with E-state index >= 15 is 0 Å². The van der Waals surface area contributed by atoms with Crippen molar-refractivity contribution < 1.29 is 14.2 Å². The number of hydrogen-bond acceptors (Lipinski definition) is 4. The summed E-state index contributed by atoms with van der Waals surface area (Å²) in [7, 11) is 3.15. The van der Waals surface area contributed by atoms with Crippen LogP contribution in [-0.2, 0) is 17.8 Å². The lowest BCUT2D eigenvalue weighted by Gasteiger charge is -2.16. The van der Waals surface area contributed by atoms with E-state index in [2.05, 4.69) is 40.3 Å². The molecule has 0 fully saturated rings. The molecule has 2 aromatic carbocycles. The highest BCUT2D eigenvalue weighted by Crippen LogP contribution is 2.31. The van der Waals surface area contributed by atoms with Gasteiger partial charge in [-0.3, -0.25) is 0 Å². The average Bonchev–Trinajstić information content (AvgIpc) is 2.60. The Hall–Kier alpha value is -1.79. The minimum Gasteiger partial charge on any atom is -0.496 e. The zero-order chi connectivity index (χ0) is 17.5. The van der Waals surface area contributed by atoms with Crippen molar-refractivity contribution in [2.75, 3.05) is 19.5 Å². The molecular formula is C18H20BrNO3S. The van der Waals surface area contributed by atoms with Crippen molar-refractivity contribution in [3.05, 3.63) is 52.0 Å². The first-order chi connectivity index (χ1) is 11.6. The van der Waals surface area contributed by atoms with E-state index in [-0.39, 0.29) is 5.17 Å². The second-order valence-corrected chi connectivity index (χ2v) is 6.24. The second kappa shape index (κ2) is 8.89. The van der Waals surface area contributed by atoms with Crippen LogP contribution in [0.25, 0.3) is 0 Å². The van der Waals surface area contributed by atoms with Gasteiger partial charge in [-0.2, -0.15) is 0 Å². The molecule has 0 radical (unpaired) electrons. The van der Waals surface area contributed by atoms with E-state index in [4.69, 9.17) is 26.4 Å². The molecule has 0 heterocycles. The van der Waals surface area contributed by atoms with Crippen LogP contribution in [0, 0.1) is 0 Å². The van der Waals surface area contributed by atoms with Crippen LogP contribution in [0.5, 0.6) is 11.5 Å². The molecule has 128 valence electrons. The zero-order valence-electron chi connectivity index (χ0n) is 13.9. The van der Waals surface area contributed by atoms with Crippen LogP contribution in [-0.4, -0.2) is 19.4 Å². The van der Waals surface area contributed by atoms with E-state index in [0.29, 0.717) is 6.61 Å². The summed E-state index contributed by atoms with van der Waals surface area (Å²) in [5.41, 5.74) is 2.91. The molecule has 0 saturated carbocycles. The number of halogens is 1. The van der Waals surface area contributed by atoms with Gasteiger partial charge < -0.3 is 19.5 Å². The second-order valence-electron chi connectivity index (χ2n) is 5.01. The van der Waals surface area contributed by atoms with E-state index in [9.17, 15) is 0 Å². The molecule has 0 atom stereocenters. The van der Waals surface area contributed by atoms with Gasteiger partial charge in [-0.25, -0.2) is 0 Å². The smallest absolute Gasteiger partial charge is 0.260 e. The summed E-state index contributed by atoms with van der Waals surface area (Å²) in [5.74, 6) is 1.50. The van der Waals surface area contributed by atoms with Gasteiger partial charge in [0, 0.05) is 0 Å². The summed E-state index contributed by atoms with van der Waals surface area (Å²) in [6, 6.07) is 11.8. The molecule has 0 unspecified atom stereocenters. The van der Waals surface area contributed by atoms with E-state index in [0.717, 1.165) is 33.6 Å². The molecule has 4 nitrogen and oxygen atoms in total. The number of aryl methyl sites for hydroxylation is 1. The van der Waals surface area contributed by atoms with Crippen molar-refractivity contribution in [3.63, 3.8) is 0 Å². The monoisotopic (exact) mass is 409 g/mol. The Kier molecular flexibility index (Phi) is 6.87. The Morgan fingerprint density at radius 2 is 1.96 bits per heavy atom. The largest absolute Gasteiger partial charge is 0.496 e.